The third-order valence-corrected chi connectivity index (χ3v) is 7.22. The van der Waals surface area contributed by atoms with Crippen molar-refractivity contribution in [3.63, 3.8) is 0 Å². The lowest BCUT2D eigenvalue weighted by molar-refractivity contribution is -0.139. The molecule has 3 amide bonds. The first-order valence-corrected chi connectivity index (χ1v) is 11.1. The Morgan fingerprint density at radius 3 is 2.59 bits per heavy atom. The number of alkyl halides is 2. The Labute approximate surface area is 186 Å². The zero-order valence-corrected chi connectivity index (χ0v) is 18.5. The average molecular weight is 452 g/mol. The molecular formula is C23H30F2N2O5. The number of fused-ring (bicyclic) bond motifs is 3. The van der Waals surface area contributed by atoms with E-state index in [2.05, 4.69) is 5.32 Å². The summed E-state index contributed by atoms with van der Waals surface area (Å²) in [5.41, 5.74) is -0.341. The summed E-state index contributed by atoms with van der Waals surface area (Å²) in [5, 5.41) is 2.88. The van der Waals surface area contributed by atoms with Gasteiger partial charge in [0.2, 0.25) is 0 Å². The van der Waals surface area contributed by atoms with Crippen molar-refractivity contribution in [2.75, 3.05) is 34.0 Å². The number of hydrogen-bond donors (Lipinski definition) is 1. The minimum Gasteiger partial charge on any atom is -0.493 e. The van der Waals surface area contributed by atoms with Gasteiger partial charge in [0.05, 0.1) is 19.3 Å². The Hall–Kier alpha value is -2.26. The van der Waals surface area contributed by atoms with Gasteiger partial charge in [-0.05, 0) is 55.4 Å². The lowest BCUT2D eigenvalue weighted by atomic mass is 9.61. The van der Waals surface area contributed by atoms with Crippen molar-refractivity contribution in [3.05, 3.63) is 29.3 Å². The number of nitrogens with one attached hydrogen (secondary N) is 1. The highest BCUT2D eigenvalue weighted by Crippen LogP contribution is 2.60. The van der Waals surface area contributed by atoms with E-state index in [1.807, 2.05) is 12.1 Å². The summed E-state index contributed by atoms with van der Waals surface area (Å²) in [4.78, 5) is 27.1. The maximum Gasteiger partial charge on any atom is 0.325 e. The molecule has 0 bridgehead atoms. The second kappa shape index (κ2) is 8.94. The minimum absolute atomic E-state index is 0.0884. The van der Waals surface area contributed by atoms with Crippen LogP contribution >= 0.6 is 0 Å². The van der Waals surface area contributed by atoms with Gasteiger partial charge in [-0.1, -0.05) is 6.07 Å². The Balaban J connectivity index is 1.72. The van der Waals surface area contributed by atoms with Crippen LogP contribution in [0.1, 0.15) is 43.2 Å². The summed E-state index contributed by atoms with van der Waals surface area (Å²) in [6.45, 7) is 0.0968. The van der Waals surface area contributed by atoms with Crippen LogP contribution in [0.4, 0.5) is 13.6 Å². The lowest BCUT2D eigenvalue weighted by Gasteiger charge is -2.46. The number of imide groups is 1. The van der Waals surface area contributed by atoms with Gasteiger partial charge in [-0.2, -0.15) is 0 Å². The Bertz CT molecular complexity index is 872. The maximum atomic E-state index is 13.7. The van der Waals surface area contributed by atoms with Crippen molar-refractivity contribution in [3.8, 4) is 5.75 Å². The molecule has 2 aliphatic carbocycles. The van der Waals surface area contributed by atoms with E-state index in [9.17, 15) is 18.4 Å². The van der Waals surface area contributed by atoms with Gasteiger partial charge in [0, 0.05) is 32.7 Å². The van der Waals surface area contributed by atoms with Gasteiger partial charge in [-0.25, -0.2) is 13.6 Å². The summed E-state index contributed by atoms with van der Waals surface area (Å²) in [7, 11) is 3.29. The molecule has 1 aromatic rings. The smallest absolute Gasteiger partial charge is 0.325 e. The number of ether oxygens (including phenoxy) is 3. The molecule has 1 N–H and O–H groups in total. The number of carbonyl (C=O) groups is 2. The summed E-state index contributed by atoms with van der Waals surface area (Å²) in [6, 6.07) is 4.82. The number of halogens is 2. The molecule has 0 aromatic heterocycles. The molecular weight excluding hydrogens is 422 g/mol. The number of urea groups is 1. The van der Waals surface area contributed by atoms with Gasteiger partial charge < -0.3 is 19.5 Å². The number of rotatable bonds is 8. The zero-order valence-electron chi connectivity index (χ0n) is 18.5. The van der Waals surface area contributed by atoms with Crippen molar-refractivity contribution < 1.29 is 32.6 Å². The van der Waals surface area contributed by atoms with Crippen molar-refractivity contribution in [2.45, 2.75) is 56.6 Å². The van der Waals surface area contributed by atoms with Crippen LogP contribution in [0, 0.1) is 5.41 Å². The summed E-state index contributed by atoms with van der Waals surface area (Å²) < 4.78 is 42.8. The van der Waals surface area contributed by atoms with Crippen LogP contribution < -0.4 is 10.1 Å². The Morgan fingerprint density at radius 1 is 1.19 bits per heavy atom. The molecule has 1 unspecified atom stereocenters. The van der Waals surface area contributed by atoms with E-state index in [-0.39, 0.29) is 6.10 Å². The van der Waals surface area contributed by atoms with Crippen LogP contribution in [0.15, 0.2) is 18.2 Å². The van der Waals surface area contributed by atoms with E-state index in [1.165, 1.54) is 0 Å². The number of benzene rings is 1. The van der Waals surface area contributed by atoms with Crippen LogP contribution in [0.3, 0.4) is 0 Å². The second-order valence-corrected chi connectivity index (χ2v) is 8.89. The van der Waals surface area contributed by atoms with E-state index in [0.717, 1.165) is 18.4 Å². The molecule has 1 atom stereocenters. The van der Waals surface area contributed by atoms with E-state index in [1.54, 1.807) is 20.3 Å². The zero-order chi connectivity index (χ0) is 22.9. The normalized spacial score (nSPS) is 29.3. The van der Waals surface area contributed by atoms with Crippen LogP contribution in [0.5, 0.6) is 5.75 Å². The quantitative estimate of drug-likeness (QED) is 0.484. The highest BCUT2D eigenvalue weighted by Gasteiger charge is 2.68. The van der Waals surface area contributed by atoms with Crippen molar-refractivity contribution >= 4 is 11.9 Å². The molecule has 1 aromatic carbocycles. The van der Waals surface area contributed by atoms with Crippen LogP contribution in [0.25, 0.3) is 0 Å². The molecule has 32 heavy (non-hydrogen) atoms. The van der Waals surface area contributed by atoms with Crippen LogP contribution in [0.2, 0.25) is 0 Å². The number of amides is 3. The predicted octanol–water partition coefficient (Wildman–Crippen LogP) is 3.25. The Kier molecular flexibility index (Phi) is 6.40. The number of carbonyl (C=O) groups excluding carboxylic acids is 2. The fourth-order valence-corrected chi connectivity index (χ4v) is 5.68. The predicted molar refractivity (Wildman–Crippen MR) is 112 cm³/mol. The molecule has 4 rings (SSSR count). The monoisotopic (exact) mass is 452 g/mol. The largest absolute Gasteiger partial charge is 0.493 e. The molecule has 1 saturated heterocycles. The molecule has 1 saturated carbocycles. The standard InChI is InChI=1S/C23H30F2N2O5/c1-30-10-3-11-32-17-5-4-15-13-22(8-6-16(31-2)7-9-22)23(18(15)12-17)20(28)27(14-19(24)25)21(29)26-23/h4-5,12,16,19H,3,6-11,13-14H2,1-2H3,(H,26,29). The molecule has 7 nitrogen and oxygen atoms in total. The molecule has 9 heteroatoms. The first-order valence-electron chi connectivity index (χ1n) is 11.1. The van der Waals surface area contributed by atoms with E-state index >= 15 is 0 Å². The lowest BCUT2D eigenvalue weighted by Crippen LogP contribution is -2.57. The fraction of sp³-hybridized carbons (Fsp3) is 0.652. The van der Waals surface area contributed by atoms with E-state index in [4.69, 9.17) is 14.2 Å². The minimum atomic E-state index is -2.80. The highest BCUT2D eigenvalue weighted by molar-refractivity contribution is 6.09. The van der Waals surface area contributed by atoms with Gasteiger partial charge in [-0.15, -0.1) is 0 Å². The van der Waals surface area contributed by atoms with E-state index in [0.29, 0.717) is 55.1 Å². The van der Waals surface area contributed by atoms with Gasteiger partial charge in [0.1, 0.15) is 5.75 Å². The third-order valence-electron chi connectivity index (χ3n) is 7.22. The van der Waals surface area contributed by atoms with Crippen LogP contribution in [-0.4, -0.2) is 63.3 Å². The van der Waals surface area contributed by atoms with Gasteiger partial charge in [0.25, 0.3) is 12.3 Å². The Morgan fingerprint density at radius 2 is 1.94 bits per heavy atom. The molecule has 2 spiro atoms. The SMILES string of the molecule is COCCCOc1ccc2c(c1)C1(NC(=O)N(CC(F)F)C1=O)C1(CCC(OC)CC1)C2. The van der Waals surface area contributed by atoms with E-state index < -0.39 is 35.9 Å². The average Bonchev–Trinajstić information content (AvgIpc) is 3.18. The molecule has 176 valence electrons. The van der Waals surface area contributed by atoms with Crippen molar-refractivity contribution in [1.29, 1.82) is 0 Å². The van der Waals surface area contributed by atoms with Gasteiger partial charge >= 0.3 is 6.03 Å². The maximum absolute atomic E-state index is 13.7. The molecule has 2 fully saturated rings. The molecule has 1 heterocycles. The number of nitrogens with zero attached hydrogens (tertiary/aromatic N) is 1. The molecule has 3 aliphatic rings. The highest BCUT2D eigenvalue weighted by atomic mass is 19.3. The third kappa shape index (κ3) is 3.65. The van der Waals surface area contributed by atoms with Crippen molar-refractivity contribution in [2.24, 2.45) is 5.41 Å². The molecule has 0 radical (unpaired) electrons. The van der Waals surface area contributed by atoms with Gasteiger partial charge in [-0.3, -0.25) is 9.69 Å². The summed E-state index contributed by atoms with van der Waals surface area (Å²) >= 11 is 0. The first kappa shape index (κ1) is 22.9. The topological polar surface area (TPSA) is 77.1 Å². The number of methoxy groups -OCH3 is 2. The van der Waals surface area contributed by atoms with Gasteiger partial charge in [0.15, 0.2) is 5.54 Å². The van der Waals surface area contributed by atoms with Crippen LogP contribution in [-0.2, 0) is 26.2 Å². The number of hydrogen-bond acceptors (Lipinski definition) is 5. The van der Waals surface area contributed by atoms with Crippen molar-refractivity contribution in [1.82, 2.24) is 10.2 Å². The molecule has 1 aliphatic heterocycles. The summed E-state index contributed by atoms with van der Waals surface area (Å²) in [5.74, 6) is -0.00911. The fourth-order valence-electron chi connectivity index (χ4n) is 5.68. The second-order valence-electron chi connectivity index (χ2n) is 8.89. The first-order chi connectivity index (χ1) is 15.4. The summed E-state index contributed by atoms with van der Waals surface area (Å²) in [6.07, 6.45) is 1.38.